The van der Waals surface area contributed by atoms with Crippen LogP contribution in [0.25, 0.3) is 0 Å². The lowest BCUT2D eigenvalue weighted by atomic mass is 10.0. The number of hydrogen-bond donors (Lipinski definition) is 1. The molecule has 15 heavy (non-hydrogen) atoms. The molecule has 1 N–H and O–H groups in total. The van der Waals surface area contributed by atoms with Gasteiger partial charge in [0.05, 0.1) is 11.6 Å². The fraction of sp³-hybridized carbons (Fsp3) is 0.417. The highest BCUT2D eigenvalue weighted by atomic mass is 19.1. The summed E-state index contributed by atoms with van der Waals surface area (Å²) in [5.74, 6) is -0.360. The smallest absolute Gasteiger partial charge is 0.124 e. The maximum atomic E-state index is 13.1. The fourth-order valence-corrected chi connectivity index (χ4v) is 1.52. The summed E-state index contributed by atoms with van der Waals surface area (Å²) >= 11 is 0. The van der Waals surface area contributed by atoms with Crippen LogP contribution >= 0.6 is 0 Å². The Balaban J connectivity index is 2.94. The molecule has 0 aromatic heterocycles. The quantitative estimate of drug-likeness (QED) is 0.825. The van der Waals surface area contributed by atoms with Gasteiger partial charge >= 0.3 is 0 Å². The number of hydrogen-bond acceptors (Lipinski definition) is 2. The SMILES string of the molecule is CC(C)N[C@H](C)c1cc(F)cc(C#N)c1. The van der Waals surface area contributed by atoms with Gasteiger partial charge in [-0.1, -0.05) is 13.8 Å². The monoisotopic (exact) mass is 206 g/mol. The van der Waals surface area contributed by atoms with E-state index in [1.807, 2.05) is 26.8 Å². The summed E-state index contributed by atoms with van der Waals surface area (Å²) in [7, 11) is 0. The second-order valence-electron chi connectivity index (χ2n) is 3.93. The molecule has 80 valence electrons. The van der Waals surface area contributed by atoms with Crippen LogP contribution in [-0.4, -0.2) is 6.04 Å². The molecule has 0 spiro atoms. The molecule has 0 aliphatic heterocycles. The first-order chi connectivity index (χ1) is 7.02. The van der Waals surface area contributed by atoms with E-state index in [0.717, 1.165) is 5.56 Å². The Morgan fingerprint density at radius 2 is 1.93 bits per heavy atom. The number of nitrogens with zero attached hydrogens (tertiary/aromatic N) is 1. The molecular formula is C12H15FN2. The third-order valence-electron chi connectivity index (χ3n) is 2.13. The minimum atomic E-state index is -0.360. The topological polar surface area (TPSA) is 35.8 Å². The minimum absolute atomic E-state index is 0.0489. The number of benzene rings is 1. The Kier molecular flexibility index (Phi) is 3.81. The lowest BCUT2D eigenvalue weighted by molar-refractivity contribution is 0.503. The van der Waals surface area contributed by atoms with E-state index < -0.39 is 0 Å². The third kappa shape index (κ3) is 3.34. The van der Waals surface area contributed by atoms with Crippen molar-refractivity contribution in [1.82, 2.24) is 5.32 Å². The van der Waals surface area contributed by atoms with Crippen LogP contribution in [-0.2, 0) is 0 Å². The van der Waals surface area contributed by atoms with Crippen LogP contribution in [0.5, 0.6) is 0 Å². The van der Waals surface area contributed by atoms with Gasteiger partial charge in [0.1, 0.15) is 5.82 Å². The first-order valence-electron chi connectivity index (χ1n) is 4.99. The molecule has 1 aromatic carbocycles. The number of halogens is 1. The van der Waals surface area contributed by atoms with E-state index in [1.165, 1.54) is 12.1 Å². The molecule has 0 heterocycles. The highest BCUT2D eigenvalue weighted by Gasteiger charge is 2.09. The van der Waals surface area contributed by atoms with Crippen LogP contribution < -0.4 is 5.32 Å². The summed E-state index contributed by atoms with van der Waals surface area (Å²) in [5.41, 5.74) is 1.17. The molecule has 0 aliphatic rings. The molecule has 2 nitrogen and oxygen atoms in total. The Morgan fingerprint density at radius 1 is 1.27 bits per heavy atom. The minimum Gasteiger partial charge on any atom is -0.308 e. The summed E-state index contributed by atoms with van der Waals surface area (Å²) in [6.45, 7) is 6.01. The molecule has 1 aromatic rings. The standard InChI is InChI=1S/C12H15FN2/c1-8(2)15-9(3)11-4-10(7-14)5-12(13)6-11/h4-6,8-9,15H,1-3H3/t9-/m1/s1. The zero-order chi connectivity index (χ0) is 11.4. The van der Waals surface area contributed by atoms with Gasteiger partial charge in [-0.05, 0) is 30.7 Å². The van der Waals surface area contributed by atoms with Gasteiger partial charge in [-0.3, -0.25) is 0 Å². The maximum Gasteiger partial charge on any atom is 0.124 e. The molecule has 0 unspecified atom stereocenters. The Labute approximate surface area is 89.7 Å². The van der Waals surface area contributed by atoms with Crippen LogP contribution in [0.15, 0.2) is 18.2 Å². The second kappa shape index (κ2) is 4.90. The van der Waals surface area contributed by atoms with Crippen molar-refractivity contribution in [2.45, 2.75) is 32.9 Å². The van der Waals surface area contributed by atoms with Gasteiger partial charge in [0.2, 0.25) is 0 Å². The first kappa shape index (κ1) is 11.7. The van der Waals surface area contributed by atoms with Gasteiger partial charge in [0, 0.05) is 12.1 Å². The number of nitriles is 1. The lowest BCUT2D eigenvalue weighted by Crippen LogP contribution is -2.26. The Hall–Kier alpha value is -1.40. The molecule has 0 saturated heterocycles. The van der Waals surface area contributed by atoms with Crippen molar-refractivity contribution in [3.63, 3.8) is 0 Å². The van der Waals surface area contributed by atoms with Crippen molar-refractivity contribution in [2.75, 3.05) is 0 Å². The third-order valence-corrected chi connectivity index (χ3v) is 2.13. The second-order valence-corrected chi connectivity index (χ2v) is 3.93. The predicted octanol–water partition coefficient (Wildman–Crippen LogP) is 2.76. The van der Waals surface area contributed by atoms with E-state index >= 15 is 0 Å². The van der Waals surface area contributed by atoms with Gasteiger partial charge in [0.15, 0.2) is 0 Å². The maximum absolute atomic E-state index is 13.1. The molecule has 0 bridgehead atoms. The van der Waals surface area contributed by atoms with Crippen molar-refractivity contribution in [3.05, 3.63) is 35.1 Å². The summed E-state index contributed by atoms with van der Waals surface area (Å²) < 4.78 is 13.1. The van der Waals surface area contributed by atoms with E-state index in [0.29, 0.717) is 11.6 Å². The van der Waals surface area contributed by atoms with Crippen molar-refractivity contribution in [2.24, 2.45) is 0 Å². The van der Waals surface area contributed by atoms with Gasteiger partial charge in [-0.25, -0.2) is 4.39 Å². The van der Waals surface area contributed by atoms with E-state index in [9.17, 15) is 4.39 Å². The highest BCUT2D eigenvalue weighted by Crippen LogP contribution is 2.16. The largest absolute Gasteiger partial charge is 0.308 e. The van der Waals surface area contributed by atoms with Gasteiger partial charge in [-0.15, -0.1) is 0 Å². The summed E-state index contributed by atoms with van der Waals surface area (Å²) in [4.78, 5) is 0. The fourth-order valence-electron chi connectivity index (χ4n) is 1.52. The van der Waals surface area contributed by atoms with Crippen LogP contribution in [0.3, 0.4) is 0 Å². The predicted molar refractivity (Wildman–Crippen MR) is 57.8 cm³/mol. The van der Waals surface area contributed by atoms with Gasteiger partial charge < -0.3 is 5.32 Å². The Morgan fingerprint density at radius 3 is 2.47 bits per heavy atom. The first-order valence-corrected chi connectivity index (χ1v) is 4.99. The normalized spacial score (nSPS) is 12.5. The van der Waals surface area contributed by atoms with E-state index in [2.05, 4.69) is 5.32 Å². The molecular weight excluding hydrogens is 191 g/mol. The van der Waals surface area contributed by atoms with Gasteiger partial charge in [-0.2, -0.15) is 5.26 Å². The van der Waals surface area contributed by atoms with Crippen molar-refractivity contribution < 1.29 is 4.39 Å². The molecule has 0 radical (unpaired) electrons. The van der Waals surface area contributed by atoms with Crippen molar-refractivity contribution >= 4 is 0 Å². The summed E-state index contributed by atoms with van der Waals surface area (Å²) in [6.07, 6.45) is 0. The Bertz CT molecular complexity index is 380. The summed E-state index contributed by atoms with van der Waals surface area (Å²) in [6, 6.07) is 6.74. The van der Waals surface area contributed by atoms with Crippen LogP contribution in [0.2, 0.25) is 0 Å². The van der Waals surface area contributed by atoms with E-state index in [4.69, 9.17) is 5.26 Å². The summed E-state index contributed by atoms with van der Waals surface area (Å²) in [5, 5.41) is 12.0. The molecule has 0 fully saturated rings. The van der Waals surface area contributed by atoms with Crippen molar-refractivity contribution in [1.29, 1.82) is 5.26 Å². The lowest BCUT2D eigenvalue weighted by Gasteiger charge is -2.17. The average Bonchev–Trinajstić information content (AvgIpc) is 2.15. The van der Waals surface area contributed by atoms with Crippen LogP contribution in [0.1, 0.15) is 37.9 Å². The van der Waals surface area contributed by atoms with E-state index in [-0.39, 0.29) is 11.9 Å². The molecule has 0 amide bonds. The number of rotatable bonds is 3. The molecule has 1 atom stereocenters. The number of nitrogens with one attached hydrogen (secondary N) is 1. The van der Waals surface area contributed by atoms with Crippen LogP contribution in [0, 0.1) is 17.1 Å². The molecule has 1 rings (SSSR count). The molecule has 3 heteroatoms. The van der Waals surface area contributed by atoms with Crippen molar-refractivity contribution in [3.8, 4) is 6.07 Å². The zero-order valence-electron chi connectivity index (χ0n) is 9.21. The highest BCUT2D eigenvalue weighted by molar-refractivity contribution is 5.34. The van der Waals surface area contributed by atoms with E-state index in [1.54, 1.807) is 6.07 Å². The molecule has 0 saturated carbocycles. The average molecular weight is 206 g/mol. The van der Waals surface area contributed by atoms with Gasteiger partial charge in [0.25, 0.3) is 0 Å². The molecule has 0 aliphatic carbocycles. The zero-order valence-corrected chi connectivity index (χ0v) is 9.21. The van der Waals surface area contributed by atoms with Crippen LogP contribution in [0.4, 0.5) is 4.39 Å².